The van der Waals surface area contributed by atoms with Crippen LogP contribution in [0.5, 0.6) is 5.75 Å². The minimum Gasteiger partial charge on any atom is -0.481 e. The molecule has 0 spiro atoms. The number of rotatable bonds is 6. The van der Waals surface area contributed by atoms with Crippen molar-refractivity contribution in [3.05, 3.63) is 51.7 Å². The quantitative estimate of drug-likeness (QED) is 0.858. The highest BCUT2D eigenvalue weighted by Gasteiger charge is 2.15. The van der Waals surface area contributed by atoms with Crippen LogP contribution in [-0.4, -0.2) is 23.1 Å². The molecule has 6 heteroatoms. The first kappa shape index (κ1) is 16.0. The number of amides is 1. The lowest BCUT2D eigenvalue weighted by Gasteiger charge is -2.14. The van der Waals surface area contributed by atoms with Gasteiger partial charge < -0.3 is 15.2 Å². The van der Waals surface area contributed by atoms with Crippen LogP contribution >= 0.6 is 11.3 Å². The standard InChI is InChI=1S/C16H17NO4S/c1-10-4-3-5-12(8-10)21-11(2)15(18)17-9-13-6-7-14(22-13)16(19)20/h3-8,11H,9H2,1-2H3,(H,17,18)(H,19,20). The largest absolute Gasteiger partial charge is 0.481 e. The molecule has 116 valence electrons. The van der Waals surface area contributed by atoms with Gasteiger partial charge in [0.1, 0.15) is 10.6 Å². The normalized spacial score (nSPS) is 11.7. The Bertz CT molecular complexity index is 680. The maximum Gasteiger partial charge on any atom is 0.345 e. The van der Waals surface area contributed by atoms with E-state index in [0.717, 1.165) is 21.8 Å². The van der Waals surface area contributed by atoms with Gasteiger partial charge in [-0.2, -0.15) is 0 Å². The maximum absolute atomic E-state index is 12.0. The molecule has 0 aliphatic heterocycles. The van der Waals surface area contributed by atoms with Gasteiger partial charge in [0.15, 0.2) is 6.10 Å². The summed E-state index contributed by atoms with van der Waals surface area (Å²) in [6.45, 7) is 3.92. The molecule has 22 heavy (non-hydrogen) atoms. The van der Waals surface area contributed by atoms with Crippen LogP contribution in [0.4, 0.5) is 0 Å². The zero-order valence-corrected chi connectivity index (χ0v) is 13.1. The van der Waals surface area contributed by atoms with E-state index in [1.165, 1.54) is 6.07 Å². The van der Waals surface area contributed by atoms with Crippen molar-refractivity contribution in [1.82, 2.24) is 5.32 Å². The fourth-order valence-corrected chi connectivity index (χ4v) is 2.64. The Kier molecular flexibility index (Phi) is 5.16. The number of benzene rings is 1. The van der Waals surface area contributed by atoms with Gasteiger partial charge in [-0.05, 0) is 43.7 Å². The van der Waals surface area contributed by atoms with Crippen LogP contribution in [0.3, 0.4) is 0 Å². The van der Waals surface area contributed by atoms with Gasteiger partial charge in [-0.25, -0.2) is 4.79 Å². The summed E-state index contributed by atoms with van der Waals surface area (Å²) in [5.74, 6) is -0.558. The van der Waals surface area contributed by atoms with Crippen LogP contribution in [0.25, 0.3) is 0 Å². The van der Waals surface area contributed by atoms with Crippen LogP contribution in [0.1, 0.15) is 27.0 Å². The van der Waals surface area contributed by atoms with Crippen molar-refractivity contribution in [3.63, 3.8) is 0 Å². The zero-order chi connectivity index (χ0) is 16.1. The number of hydrogen-bond acceptors (Lipinski definition) is 4. The van der Waals surface area contributed by atoms with Gasteiger partial charge in [0.2, 0.25) is 0 Å². The summed E-state index contributed by atoms with van der Waals surface area (Å²) in [5.41, 5.74) is 1.06. The Morgan fingerprint density at radius 2 is 2.09 bits per heavy atom. The molecule has 2 N–H and O–H groups in total. The predicted octanol–water partition coefficient (Wildman–Crippen LogP) is 2.84. The molecule has 0 aliphatic rings. The molecule has 1 aromatic carbocycles. The molecule has 0 saturated carbocycles. The van der Waals surface area contributed by atoms with E-state index < -0.39 is 12.1 Å². The average Bonchev–Trinajstić information content (AvgIpc) is 2.93. The van der Waals surface area contributed by atoms with E-state index in [0.29, 0.717) is 5.75 Å². The molecule has 1 atom stereocenters. The molecule has 1 aromatic heterocycles. The number of nitrogens with one attached hydrogen (secondary N) is 1. The van der Waals surface area contributed by atoms with E-state index in [9.17, 15) is 9.59 Å². The lowest BCUT2D eigenvalue weighted by Crippen LogP contribution is -2.35. The second-order valence-corrected chi connectivity index (χ2v) is 6.03. The van der Waals surface area contributed by atoms with Gasteiger partial charge in [0.25, 0.3) is 5.91 Å². The average molecular weight is 319 g/mol. The number of hydrogen-bond donors (Lipinski definition) is 2. The van der Waals surface area contributed by atoms with Crippen LogP contribution in [0, 0.1) is 6.92 Å². The van der Waals surface area contributed by atoms with Crippen molar-refractivity contribution in [2.75, 3.05) is 0 Å². The summed E-state index contributed by atoms with van der Waals surface area (Å²) in [6, 6.07) is 10.7. The van der Waals surface area contributed by atoms with Crippen LogP contribution in [0.15, 0.2) is 36.4 Å². The molecular formula is C16H17NO4S. The number of aryl methyl sites for hydroxylation is 1. The topological polar surface area (TPSA) is 75.6 Å². The highest BCUT2D eigenvalue weighted by atomic mass is 32.1. The van der Waals surface area contributed by atoms with E-state index in [4.69, 9.17) is 9.84 Å². The molecule has 0 radical (unpaired) electrons. The minimum absolute atomic E-state index is 0.244. The third-order valence-electron chi connectivity index (χ3n) is 2.98. The Morgan fingerprint density at radius 1 is 1.32 bits per heavy atom. The van der Waals surface area contributed by atoms with Crippen molar-refractivity contribution < 1.29 is 19.4 Å². The van der Waals surface area contributed by atoms with E-state index in [1.807, 2.05) is 25.1 Å². The van der Waals surface area contributed by atoms with Crippen molar-refractivity contribution in [3.8, 4) is 5.75 Å². The monoisotopic (exact) mass is 319 g/mol. The number of thiophene rings is 1. The van der Waals surface area contributed by atoms with Crippen molar-refractivity contribution >= 4 is 23.2 Å². The molecule has 0 saturated heterocycles. The predicted molar refractivity (Wildman–Crippen MR) is 84.4 cm³/mol. The molecule has 1 amide bonds. The SMILES string of the molecule is Cc1cccc(OC(C)C(=O)NCc2ccc(C(=O)O)s2)c1. The summed E-state index contributed by atoms with van der Waals surface area (Å²) in [4.78, 5) is 23.8. The van der Waals surface area contributed by atoms with Crippen LogP contribution in [-0.2, 0) is 11.3 Å². The third kappa shape index (κ3) is 4.33. The molecule has 0 aliphatic carbocycles. The number of carboxylic acid groups (broad SMARTS) is 1. The first-order valence-corrected chi connectivity index (χ1v) is 7.60. The zero-order valence-electron chi connectivity index (χ0n) is 12.3. The van der Waals surface area contributed by atoms with Crippen molar-refractivity contribution in [2.45, 2.75) is 26.5 Å². The van der Waals surface area contributed by atoms with Crippen LogP contribution < -0.4 is 10.1 Å². The second-order valence-electron chi connectivity index (χ2n) is 4.87. The summed E-state index contributed by atoms with van der Waals surface area (Å²) < 4.78 is 5.59. The molecule has 1 heterocycles. The first-order valence-electron chi connectivity index (χ1n) is 6.79. The second kappa shape index (κ2) is 7.09. The first-order chi connectivity index (χ1) is 10.5. The van der Waals surface area contributed by atoms with Gasteiger partial charge in [0, 0.05) is 4.88 Å². The van der Waals surface area contributed by atoms with Gasteiger partial charge in [0.05, 0.1) is 6.54 Å². The number of carbonyl (C=O) groups excluding carboxylic acids is 1. The smallest absolute Gasteiger partial charge is 0.345 e. The van der Waals surface area contributed by atoms with E-state index in [2.05, 4.69) is 5.32 Å². The van der Waals surface area contributed by atoms with Gasteiger partial charge in [-0.1, -0.05) is 12.1 Å². The Hall–Kier alpha value is -2.34. The highest BCUT2D eigenvalue weighted by molar-refractivity contribution is 7.13. The van der Waals surface area contributed by atoms with E-state index in [1.54, 1.807) is 19.1 Å². The molecular weight excluding hydrogens is 302 g/mol. The van der Waals surface area contributed by atoms with E-state index in [-0.39, 0.29) is 17.3 Å². The van der Waals surface area contributed by atoms with Crippen molar-refractivity contribution in [1.29, 1.82) is 0 Å². The van der Waals surface area contributed by atoms with Crippen LogP contribution in [0.2, 0.25) is 0 Å². The molecule has 2 rings (SSSR count). The number of carboxylic acids is 1. The molecule has 5 nitrogen and oxygen atoms in total. The minimum atomic E-state index is -0.960. The van der Waals surface area contributed by atoms with Gasteiger partial charge in [-0.15, -0.1) is 11.3 Å². The van der Waals surface area contributed by atoms with E-state index >= 15 is 0 Å². The molecule has 1 unspecified atom stereocenters. The summed E-state index contributed by atoms with van der Waals surface area (Å²) in [6.07, 6.45) is -0.624. The molecule has 0 bridgehead atoms. The number of aromatic carboxylic acids is 1. The molecule has 0 fully saturated rings. The van der Waals surface area contributed by atoms with Crippen molar-refractivity contribution in [2.24, 2.45) is 0 Å². The fourth-order valence-electron chi connectivity index (χ4n) is 1.85. The number of ether oxygens (including phenoxy) is 1. The Balaban J connectivity index is 1.87. The lowest BCUT2D eigenvalue weighted by atomic mass is 10.2. The number of carbonyl (C=O) groups is 2. The Morgan fingerprint density at radius 3 is 2.73 bits per heavy atom. The van der Waals surface area contributed by atoms with Gasteiger partial charge >= 0.3 is 5.97 Å². The molecule has 2 aromatic rings. The Labute approximate surface area is 132 Å². The fraction of sp³-hybridized carbons (Fsp3) is 0.250. The third-order valence-corrected chi connectivity index (χ3v) is 4.05. The summed E-state index contributed by atoms with van der Waals surface area (Å²) in [7, 11) is 0. The lowest BCUT2D eigenvalue weighted by molar-refractivity contribution is -0.127. The summed E-state index contributed by atoms with van der Waals surface area (Å²) in [5, 5.41) is 11.6. The maximum atomic E-state index is 12.0. The highest BCUT2D eigenvalue weighted by Crippen LogP contribution is 2.17. The summed E-state index contributed by atoms with van der Waals surface area (Å²) >= 11 is 1.15. The van der Waals surface area contributed by atoms with Gasteiger partial charge in [-0.3, -0.25) is 4.79 Å².